The molecule has 2 aromatic carbocycles. The van der Waals surface area contributed by atoms with Crippen LogP contribution in [0.3, 0.4) is 0 Å². The number of nitrogens with one attached hydrogen (secondary N) is 3. The summed E-state index contributed by atoms with van der Waals surface area (Å²) in [6, 6.07) is 9.98. The Morgan fingerprint density at radius 1 is 1.06 bits per heavy atom. The van der Waals surface area contributed by atoms with Gasteiger partial charge in [0.25, 0.3) is 5.91 Å². The van der Waals surface area contributed by atoms with E-state index in [0.717, 1.165) is 12.1 Å². The summed E-state index contributed by atoms with van der Waals surface area (Å²) >= 11 is 0. The van der Waals surface area contributed by atoms with E-state index in [0.29, 0.717) is 11.3 Å². The second-order valence-corrected chi connectivity index (χ2v) is 8.11. The summed E-state index contributed by atoms with van der Waals surface area (Å²) in [7, 11) is 0. The SMILES string of the molecule is CC(C)(C)NC(=O)c1cccc(NC(=O)NCC(O)COc2cccc(C(F)(F)F)c2)c1. The number of hydrogen-bond donors (Lipinski definition) is 4. The largest absolute Gasteiger partial charge is 0.491 e. The molecule has 0 aromatic heterocycles. The highest BCUT2D eigenvalue weighted by Crippen LogP contribution is 2.31. The highest BCUT2D eigenvalue weighted by molar-refractivity contribution is 5.97. The second kappa shape index (κ2) is 10.4. The fourth-order valence-electron chi connectivity index (χ4n) is 2.55. The lowest BCUT2D eigenvalue weighted by molar-refractivity contribution is -0.137. The number of rotatable bonds is 7. The number of carbonyl (C=O) groups is 2. The molecule has 174 valence electrons. The number of hydrogen-bond acceptors (Lipinski definition) is 4. The van der Waals surface area contributed by atoms with Crippen LogP contribution in [0.15, 0.2) is 48.5 Å². The first-order valence-electron chi connectivity index (χ1n) is 9.79. The first-order chi connectivity index (χ1) is 14.8. The van der Waals surface area contributed by atoms with E-state index in [4.69, 9.17) is 4.74 Å². The average molecular weight is 453 g/mol. The van der Waals surface area contributed by atoms with E-state index in [2.05, 4.69) is 16.0 Å². The Bertz CT molecular complexity index is 943. The number of anilines is 1. The maximum Gasteiger partial charge on any atom is 0.416 e. The Morgan fingerprint density at radius 3 is 2.41 bits per heavy atom. The molecule has 0 bridgehead atoms. The third kappa shape index (κ3) is 8.46. The molecule has 10 heteroatoms. The van der Waals surface area contributed by atoms with Crippen molar-refractivity contribution in [3.05, 3.63) is 59.7 Å². The van der Waals surface area contributed by atoms with Crippen molar-refractivity contribution in [2.45, 2.75) is 38.6 Å². The smallest absolute Gasteiger partial charge is 0.416 e. The molecular weight excluding hydrogens is 427 g/mol. The fraction of sp³-hybridized carbons (Fsp3) is 0.364. The van der Waals surface area contributed by atoms with E-state index >= 15 is 0 Å². The number of urea groups is 1. The average Bonchev–Trinajstić information content (AvgIpc) is 2.69. The van der Waals surface area contributed by atoms with Crippen LogP contribution in [-0.2, 0) is 6.18 Å². The predicted molar refractivity (Wildman–Crippen MR) is 114 cm³/mol. The molecule has 0 aliphatic rings. The maximum absolute atomic E-state index is 12.7. The van der Waals surface area contributed by atoms with E-state index in [1.807, 2.05) is 20.8 Å². The Kier molecular flexibility index (Phi) is 8.09. The molecule has 4 N–H and O–H groups in total. The molecule has 0 heterocycles. The van der Waals surface area contributed by atoms with Crippen molar-refractivity contribution < 1.29 is 32.6 Å². The minimum Gasteiger partial charge on any atom is -0.491 e. The van der Waals surface area contributed by atoms with Crippen LogP contribution in [0, 0.1) is 0 Å². The van der Waals surface area contributed by atoms with Gasteiger partial charge in [-0.25, -0.2) is 4.79 Å². The number of alkyl halides is 3. The van der Waals surface area contributed by atoms with Crippen LogP contribution in [0.4, 0.5) is 23.7 Å². The van der Waals surface area contributed by atoms with Crippen LogP contribution >= 0.6 is 0 Å². The molecule has 0 spiro atoms. The first kappa shape index (κ1) is 25.0. The van der Waals surface area contributed by atoms with Crippen LogP contribution in [0.5, 0.6) is 5.75 Å². The van der Waals surface area contributed by atoms with Crippen LogP contribution in [0.1, 0.15) is 36.7 Å². The molecule has 0 fully saturated rings. The molecule has 0 saturated heterocycles. The lowest BCUT2D eigenvalue weighted by Gasteiger charge is -2.20. The number of carbonyl (C=O) groups excluding carboxylic acids is 2. The number of benzene rings is 2. The van der Waals surface area contributed by atoms with Gasteiger partial charge in [-0.1, -0.05) is 12.1 Å². The van der Waals surface area contributed by atoms with Crippen molar-refractivity contribution >= 4 is 17.6 Å². The van der Waals surface area contributed by atoms with Gasteiger partial charge in [-0.2, -0.15) is 13.2 Å². The molecular formula is C22H26F3N3O4. The summed E-state index contributed by atoms with van der Waals surface area (Å²) in [5, 5.41) is 17.7. The van der Waals surface area contributed by atoms with Gasteiger partial charge in [0.05, 0.1) is 5.56 Å². The van der Waals surface area contributed by atoms with Crippen LogP contribution in [0.25, 0.3) is 0 Å². The van der Waals surface area contributed by atoms with Crippen LogP contribution in [0.2, 0.25) is 0 Å². The van der Waals surface area contributed by atoms with Crippen LogP contribution < -0.4 is 20.7 Å². The molecule has 0 aliphatic heterocycles. The van der Waals surface area contributed by atoms with Crippen molar-refractivity contribution in [1.29, 1.82) is 0 Å². The topological polar surface area (TPSA) is 99.7 Å². The number of aliphatic hydroxyl groups is 1. The molecule has 0 saturated carbocycles. The zero-order chi connectivity index (χ0) is 23.9. The van der Waals surface area contributed by atoms with Crippen LogP contribution in [-0.4, -0.2) is 41.8 Å². The Balaban J connectivity index is 1.82. The number of halogens is 3. The standard InChI is InChI=1S/C22H26F3N3O4/c1-21(2,3)28-19(30)14-6-4-8-16(10-14)27-20(31)26-12-17(29)13-32-18-9-5-7-15(11-18)22(23,24)25/h4-11,17,29H,12-13H2,1-3H3,(H,28,30)(H2,26,27,31). The third-order valence-electron chi connectivity index (χ3n) is 3.97. The molecule has 1 unspecified atom stereocenters. The highest BCUT2D eigenvalue weighted by Gasteiger charge is 2.30. The first-order valence-corrected chi connectivity index (χ1v) is 9.79. The van der Waals surface area contributed by atoms with Gasteiger partial charge in [-0.3, -0.25) is 4.79 Å². The summed E-state index contributed by atoms with van der Waals surface area (Å²) in [4.78, 5) is 24.3. The van der Waals surface area contributed by atoms with E-state index in [1.54, 1.807) is 18.2 Å². The molecule has 1 atom stereocenters. The predicted octanol–water partition coefficient (Wildman–Crippen LogP) is 3.80. The van der Waals surface area contributed by atoms with E-state index in [-0.39, 0.29) is 24.8 Å². The molecule has 32 heavy (non-hydrogen) atoms. The Morgan fingerprint density at radius 2 is 1.75 bits per heavy atom. The van der Waals surface area contributed by atoms with Gasteiger partial charge in [0, 0.05) is 23.3 Å². The lowest BCUT2D eigenvalue weighted by Crippen LogP contribution is -2.40. The Hall–Kier alpha value is -3.27. The Labute approximate surface area is 184 Å². The molecule has 2 rings (SSSR count). The summed E-state index contributed by atoms with van der Waals surface area (Å²) in [5.41, 5.74) is -0.532. The third-order valence-corrected chi connectivity index (χ3v) is 3.97. The van der Waals surface area contributed by atoms with Gasteiger partial charge in [0.1, 0.15) is 18.5 Å². The lowest BCUT2D eigenvalue weighted by atomic mass is 10.1. The molecule has 3 amide bonds. The van der Waals surface area contributed by atoms with Crippen molar-refractivity contribution in [3.8, 4) is 5.75 Å². The molecule has 0 radical (unpaired) electrons. The normalized spacial score (nSPS) is 12.6. The molecule has 7 nitrogen and oxygen atoms in total. The van der Waals surface area contributed by atoms with Gasteiger partial charge in [0.2, 0.25) is 0 Å². The number of aliphatic hydroxyl groups excluding tert-OH is 1. The van der Waals surface area contributed by atoms with Crippen molar-refractivity contribution in [2.24, 2.45) is 0 Å². The number of amides is 3. The van der Waals surface area contributed by atoms with Gasteiger partial charge in [-0.05, 0) is 57.2 Å². The minimum atomic E-state index is -4.50. The van der Waals surface area contributed by atoms with Crippen molar-refractivity contribution in [2.75, 3.05) is 18.5 Å². The summed E-state index contributed by atoms with van der Waals surface area (Å²) < 4.78 is 43.3. The minimum absolute atomic E-state index is 0.0475. The van der Waals surface area contributed by atoms with E-state index < -0.39 is 29.4 Å². The van der Waals surface area contributed by atoms with Crippen molar-refractivity contribution in [3.63, 3.8) is 0 Å². The summed E-state index contributed by atoms with van der Waals surface area (Å²) in [6.45, 7) is 5.03. The van der Waals surface area contributed by atoms with Gasteiger partial charge < -0.3 is 25.8 Å². The number of ether oxygens (including phenoxy) is 1. The van der Waals surface area contributed by atoms with E-state index in [1.165, 1.54) is 18.2 Å². The quantitative estimate of drug-likeness (QED) is 0.513. The van der Waals surface area contributed by atoms with Gasteiger partial charge in [0.15, 0.2) is 0 Å². The van der Waals surface area contributed by atoms with Gasteiger partial charge >= 0.3 is 12.2 Å². The maximum atomic E-state index is 12.7. The molecule has 2 aromatic rings. The van der Waals surface area contributed by atoms with Crippen molar-refractivity contribution in [1.82, 2.24) is 10.6 Å². The zero-order valence-corrected chi connectivity index (χ0v) is 17.9. The monoisotopic (exact) mass is 453 g/mol. The van der Waals surface area contributed by atoms with E-state index in [9.17, 15) is 27.9 Å². The highest BCUT2D eigenvalue weighted by atomic mass is 19.4. The van der Waals surface area contributed by atoms with Gasteiger partial charge in [-0.15, -0.1) is 0 Å². The second-order valence-electron chi connectivity index (χ2n) is 8.11. The fourth-order valence-corrected chi connectivity index (χ4v) is 2.55. The summed E-state index contributed by atoms with van der Waals surface area (Å²) in [5.74, 6) is -0.336. The zero-order valence-electron chi connectivity index (χ0n) is 17.9. The molecule has 0 aliphatic carbocycles. The summed E-state index contributed by atoms with van der Waals surface area (Å²) in [6.07, 6.45) is -5.65.